The summed E-state index contributed by atoms with van der Waals surface area (Å²) in [5.74, 6) is -0.168. The molecule has 3 aromatic rings. The molecule has 2 N–H and O–H groups in total. The van der Waals surface area contributed by atoms with Crippen LogP contribution in [0.3, 0.4) is 0 Å². The summed E-state index contributed by atoms with van der Waals surface area (Å²) in [4.78, 5) is 44.2. The molecule has 33 heavy (non-hydrogen) atoms. The molecule has 0 saturated carbocycles. The lowest BCUT2D eigenvalue weighted by Gasteiger charge is -2.20. The minimum Gasteiger partial charge on any atom is -0.497 e. The monoisotopic (exact) mass is 483 g/mol. The molecule has 1 aromatic carbocycles. The molecular formula is C24H22ClN3O4S. The summed E-state index contributed by atoms with van der Waals surface area (Å²) in [5, 5.41) is 1.40. The summed E-state index contributed by atoms with van der Waals surface area (Å²) in [6.07, 6.45) is 2.42. The van der Waals surface area contributed by atoms with Crippen molar-refractivity contribution in [1.29, 1.82) is 0 Å². The number of fused-ring (bicyclic) bond motifs is 3. The van der Waals surface area contributed by atoms with Crippen LogP contribution in [-0.2, 0) is 33.8 Å². The van der Waals surface area contributed by atoms with E-state index >= 15 is 0 Å². The van der Waals surface area contributed by atoms with Crippen molar-refractivity contribution in [2.75, 3.05) is 7.11 Å². The highest BCUT2D eigenvalue weighted by Crippen LogP contribution is 2.46. The number of methoxy groups -OCH3 is 1. The predicted octanol–water partition coefficient (Wildman–Crippen LogP) is 3.86. The van der Waals surface area contributed by atoms with Crippen LogP contribution in [0.5, 0.6) is 5.75 Å². The van der Waals surface area contributed by atoms with E-state index in [1.807, 2.05) is 24.3 Å². The van der Waals surface area contributed by atoms with E-state index < -0.39 is 0 Å². The van der Waals surface area contributed by atoms with Crippen LogP contribution in [0.2, 0.25) is 5.02 Å². The second-order valence-electron chi connectivity index (χ2n) is 8.38. The number of primary amides is 1. The Labute approximate surface area is 199 Å². The molecule has 2 aromatic heterocycles. The van der Waals surface area contributed by atoms with Crippen LogP contribution in [0.15, 0.2) is 24.3 Å². The summed E-state index contributed by atoms with van der Waals surface area (Å²) in [5.41, 5.74) is 8.94. The standard InChI is InChI=1S/C24H22ClN3O4S/c1-32-14-5-2-12(3-6-14)20-21-15-7-4-13(23(26)31)10-17(15)33-24(21)27-16(22(20)25)11-28-18(29)8-9-19(28)30/h2-3,5-6,13H,4,7-11H2,1H3,(H2,26,31)/t13-/m1/s1. The number of aromatic nitrogens is 1. The smallest absolute Gasteiger partial charge is 0.230 e. The molecular weight excluding hydrogens is 462 g/mol. The van der Waals surface area contributed by atoms with Crippen molar-refractivity contribution in [3.05, 3.63) is 45.4 Å². The van der Waals surface area contributed by atoms with Crippen molar-refractivity contribution in [2.45, 2.75) is 38.6 Å². The van der Waals surface area contributed by atoms with Gasteiger partial charge in [0.2, 0.25) is 17.7 Å². The first-order valence-corrected chi connectivity index (χ1v) is 12.0. The third-order valence-corrected chi connectivity index (χ3v) is 8.01. The van der Waals surface area contributed by atoms with Gasteiger partial charge >= 0.3 is 0 Å². The number of nitrogens with two attached hydrogens (primary N) is 1. The van der Waals surface area contributed by atoms with E-state index in [4.69, 9.17) is 27.1 Å². The predicted molar refractivity (Wildman–Crippen MR) is 126 cm³/mol. The van der Waals surface area contributed by atoms with Gasteiger partial charge in [0.1, 0.15) is 10.6 Å². The molecule has 2 aliphatic rings. The fraction of sp³-hybridized carbons (Fsp3) is 0.333. The number of benzene rings is 1. The number of thiophene rings is 1. The number of pyridine rings is 1. The Morgan fingerprint density at radius 1 is 1.21 bits per heavy atom. The van der Waals surface area contributed by atoms with Crippen LogP contribution in [0, 0.1) is 5.92 Å². The SMILES string of the molecule is COc1ccc(-c2c(Cl)c(CN3C(=O)CCC3=O)nc3sc4c(c23)CC[C@@H](C(N)=O)C4)cc1. The number of imide groups is 1. The number of rotatable bonds is 5. The third kappa shape index (κ3) is 3.77. The lowest BCUT2D eigenvalue weighted by molar-refractivity contribution is -0.139. The van der Waals surface area contributed by atoms with Gasteiger partial charge in [-0.2, -0.15) is 0 Å². The molecule has 5 rings (SSSR count). The maximum Gasteiger partial charge on any atom is 0.230 e. The van der Waals surface area contributed by atoms with E-state index in [1.165, 1.54) is 16.2 Å². The van der Waals surface area contributed by atoms with Gasteiger partial charge in [-0.3, -0.25) is 19.3 Å². The molecule has 9 heteroatoms. The highest BCUT2D eigenvalue weighted by Gasteiger charge is 2.32. The number of aryl methyl sites for hydroxylation is 1. The number of carbonyl (C=O) groups excluding carboxylic acids is 3. The van der Waals surface area contributed by atoms with Crippen LogP contribution in [0.4, 0.5) is 0 Å². The van der Waals surface area contributed by atoms with Crippen molar-refractivity contribution in [3.63, 3.8) is 0 Å². The fourth-order valence-corrected chi connectivity index (χ4v) is 6.29. The number of hydrogen-bond acceptors (Lipinski definition) is 6. The quantitative estimate of drug-likeness (QED) is 0.555. The molecule has 1 aliphatic carbocycles. The van der Waals surface area contributed by atoms with E-state index in [9.17, 15) is 14.4 Å². The van der Waals surface area contributed by atoms with Gasteiger partial charge in [-0.25, -0.2) is 4.98 Å². The second-order valence-corrected chi connectivity index (χ2v) is 9.84. The highest BCUT2D eigenvalue weighted by atomic mass is 35.5. The molecule has 1 saturated heterocycles. The fourth-order valence-electron chi connectivity index (χ4n) is 4.66. The van der Waals surface area contributed by atoms with Gasteiger partial charge in [0.05, 0.1) is 24.4 Å². The number of nitrogens with zero attached hydrogens (tertiary/aromatic N) is 2. The Morgan fingerprint density at radius 3 is 2.55 bits per heavy atom. The first kappa shape index (κ1) is 21.9. The largest absolute Gasteiger partial charge is 0.497 e. The number of carbonyl (C=O) groups is 3. The Balaban J connectivity index is 1.69. The summed E-state index contributed by atoms with van der Waals surface area (Å²) < 4.78 is 5.30. The Hall–Kier alpha value is -2.97. The zero-order chi connectivity index (χ0) is 23.3. The molecule has 1 aliphatic heterocycles. The van der Waals surface area contributed by atoms with Crippen LogP contribution in [-0.4, -0.2) is 34.7 Å². The number of likely N-dealkylation sites (tertiary alicyclic amines) is 1. The second kappa shape index (κ2) is 8.43. The maximum atomic E-state index is 12.2. The van der Waals surface area contributed by atoms with Crippen LogP contribution >= 0.6 is 22.9 Å². The van der Waals surface area contributed by atoms with Crippen LogP contribution < -0.4 is 10.5 Å². The van der Waals surface area contributed by atoms with Gasteiger partial charge < -0.3 is 10.5 Å². The Bertz CT molecular complexity index is 1290. The number of ether oxygens (including phenoxy) is 1. The van der Waals surface area contributed by atoms with Gasteiger partial charge in [-0.15, -0.1) is 11.3 Å². The third-order valence-electron chi connectivity index (χ3n) is 6.45. The lowest BCUT2D eigenvalue weighted by atomic mass is 9.86. The van der Waals surface area contributed by atoms with Crippen molar-refractivity contribution in [1.82, 2.24) is 9.88 Å². The molecule has 0 unspecified atom stereocenters. The molecule has 3 amide bonds. The molecule has 1 fully saturated rings. The van der Waals surface area contributed by atoms with E-state index in [2.05, 4.69) is 0 Å². The van der Waals surface area contributed by atoms with Gasteiger partial charge in [0.15, 0.2) is 0 Å². The molecule has 0 radical (unpaired) electrons. The molecule has 170 valence electrons. The molecule has 7 nitrogen and oxygen atoms in total. The van der Waals surface area contributed by atoms with Gasteiger partial charge in [-0.05, 0) is 42.5 Å². The number of halogens is 1. The average molecular weight is 484 g/mol. The molecule has 0 spiro atoms. The van der Waals surface area contributed by atoms with Crippen LogP contribution in [0.25, 0.3) is 21.3 Å². The topological polar surface area (TPSA) is 103 Å². The van der Waals surface area contributed by atoms with Crippen LogP contribution in [0.1, 0.15) is 35.4 Å². The summed E-state index contributed by atoms with van der Waals surface area (Å²) in [6, 6.07) is 7.61. The van der Waals surface area contributed by atoms with E-state index in [0.29, 0.717) is 30.0 Å². The first-order valence-electron chi connectivity index (χ1n) is 10.8. The van der Waals surface area contributed by atoms with Gasteiger partial charge in [0, 0.05) is 34.6 Å². The van der Waals surface area contributed by atoms with Crippen molar-refractivity contribution in [3.8, 4) is 16.9 Å². The van der Waals surface area contributed by atoms with Gasteiger partial charge in [-0.1, -0.05) is 23.7 Å². The summed E-state index contributed by atoms with van der Waals surface area (Å²) in [7, 11) is 1.61. The zero-order valence-electron chi connectivity index (χ0n) is 18.0. The van der Waals surface area contributed by atoms with Crippen molar-refractivity contribution in [2.24, 2.45) is 11.7 Å². The summed E-state index contributed by atoms with van der Waals surface area (Å²) >= 11 is 8.46. The first-order chi connectivity index (χ1) is 15.9. The van der Waals surface area contributed by atoms with Crippen molar-refractivity contribution >= 4 is 50.9 Å². The van der Waals surface area contributed by atoms with E-state index in [1.54, 1.807) is 7.11 Å². The number of amides is 3. The van der Waals surface area contributed by atoms with Gasteiger partial charge in [0.25, 0.3) is 0 Å². The minimum absolute atomic E-state index is 0.0437. The number of hydrogen-bond donors (Lipinski definition) is 1. The minimum atomic E-state index is -0.286. The normalized spacial score (nSPS) is 18.1. The maximum absolute atomic E-state index is 12.2. The molecule has 0 bridgehead atoms. The molecule has 3 heterocycles. The van der Waals surface area contributed by atoms with E-state index in [-0.39, 0.29) is 43.0 Å². The Morgan fingerprint density at radius 2 is 1.91 bits per heavy atom. The Kier molecular flexibility index (Phi) is 5.58. The highest BCUT2D eigenvalue weighted by molar-refractivity contribution is 7.19. The lowest BCUT2D eigenvalue weighted by Crippen LogP contribution is -2.29. The summed E-state index contributed by atoms with van der Waals surface area (Å²) in [6.45, 7) is 0.0437. The molecule has 1 atom stereocenters. The zero-order valence-corrected chi connectivity index (χ0v) is 19.6. The van der Waals surface area contributed by atoms with Crippen molar-refractivity contribution < 1.29 is 19.1 Å². The van der Waals surface area contributed by atoms with E-state index in [0.717, 1.165) is 37.5 Å². The average Bonchev–Trinajstić information content (AvgIpc) is 3.33.